The van der Waals surface area contributed by atoms with Gasteiger partial charge in [0.05, 0.1) is 14.2 Å². The highest BCUT2D eigenvalue weighted by Gasteiger charge is 2.26. The van der Waals surface area contributed by atoms with Gasteiger partial charge in [-0.3, -0.25) is 4.79 Å². The van der Waals surface area contributed by atoms with E-state index < -0.39 is 17.9 Å². The van der Waals surface area contributed by atoms with Gasteiger partial charge in [0.1, 0.15) is 22.4 Å². The molecule has 0 aliphatic rings. The molecule has 0 saturated carbocycles. The molecule has 0 fully saturated rings. The van der Waals surface area contributed by atoms with Gasteiger partial charge in [-0.05, 0) is 41.4 Å². The first-order chi connectivity index (χ1) is 13.6. The number of nitrogens with one attached hydrogen (secondary N) is 1. The molecule has 0 radical (unpaired) electrons. The molecule has 3 aromatic rings. The van der Waals surface area contributed by atoms with Crippen molar-refractivity contribution in [3.63, 3.8) is 0 Å². The number of methoxy groups -OCH3 is 2. The molecule has 0 spiro atoms. The highest BCUT2D eigenvalue weighted by molar-refractivity contribution is 7.08. The van der Waals surface area contributed by atoms with Gasteiger partial charge in [0.15, 0.2) is 0 Å². The molecular weight excluding hydrogens is 378 g/mol. The Morgan fingerprint density at radius 1 is 1.07 bits per heavy atom. The Hall–Kier alpha value is -3.26. The maximum Gasteiger partial charge on any atom is 0.328 e. The fourth-order valence-electron chi connectivity index (χ4n) is 2.69. The van der Waals surface area contributed by atoms with Crippen molar-refractivity contribution < 1.29 is 19.1 Å². The van der Waals surface area contributed by atoms with Gasteiger partial charge in [-0.15, -0.1) is 5.10 Å². The van der Waals surface area contributed by atoms with Crippen LogP contribution in [0.4, 0.5) is 0 Å². The summed E-state index contributed by atoms with van der Waals surface area (Å²) in [5, 5.41) is 6.81. The zero-order chi connectivity index (χ0) is 19.9. The molecule has 0 aliphatic carbocycles. The zero-order valence-electron chi connectivity index (χ0n) is 15.4. The van der Waals surface area contributed by atoms with Crippen molar-refractivity contribution in [3.8, 4) is 17.0 Å². The SMILES string of the molecule is COC(=O)C(Cc1ccccc1)NC(=O)c1snnc1-c1ccc(OC)cc1. The third kappa shape index (κ3) is 4.52. The number of amides is 1. The molecule has 1 N–H and O–H groups in total. The quantitative estimate of drug-likeness (QED) is 0.617. The van der Waals surface area contributed by atoms with E-state index in [0.29, 0.717) is 22.7 Å². The minimum absolute atomic E-state index is 0.323. The van der Waals surface area contributed by atoms with Gasteiger partial charge < -0.3 is 14.8 Å². The van der Waals surface area contributed by atoms with E-state index in [1.807, 2.05) is 30.3 Å². The molecule has 2 aromatic carbocycles. The first-order valence-corrected chi connectivity index (χ1v) is 9.29. The first-order valence-electron chi connectivity index (χ1n) is 8.51. The minimum atomic E-state index is -0.814. The van der Waals surface area contributed by atoms with Crippen LogP contribution < -0.4 is 10.1 Å². The number of nitrogens with zero attached hydrogens (tertiary/aromatic N) is 2. The van der Waals surface area contributed by atoms with Crippen LogP contribution in [0, 0.1) is 0 Å². The number of aromatic nitrogens is 2. The van der Waals surface area contributed by atoms with Gasteiger partial charge in [-0.1, -0.05) is 34.8 Å². The molecule has 0 saturated heterocycles. The van der Waals surface area contributed by atoms with E-state index in [1.165, 1.54) is 7.11 Å². The highest BCUT2D eigenvalue weighted by atomic mass is 32.1. The van der Waals surface area contributed by atoms with Gasteiger partial charge in [0.2, 0.25) is 0 Å². The maximum atomic E-state index is 12.8. The summed E-state index contributed by atoms with van der Waals surface area (Å²) in [6.07, 6.45) is 0.323. The molecule has 28 heavy (non-hydrogen) atoms. The average Bonchev–Trinajstić information content (AvgIpc) is 3.23. The van der Waals surface area contributed by atoms with Crippen molar-refractivity contribution in [2.75, 3.05) is 14.2 Å². The predicted octanol–water partition coefficient (Wildman–Crippen LogP) is 2.73. The molecule has 1 atom stereocenters. The molecule has 7 nitrogen and oxygen atoms in total. The zero-order valence-corrected chi connectivity index (χ0v) is 16.2. The van der Waals surface area contributed by atoms with Crippen LogP contribution in [0.25, 0.3) is 11.3 Å². The van der Waals surface area contributed by atoms with Gasteiger partial charge in [0, 0.05) is 12.0 Å². The average molecular weight is 397 g/mol. The van der Waals surface area contributed by atoms with Crippen LogP contribution in [0.15, 0.2) is 54.6 Å². The van der Waals surface area contributed by atoms with E-state index >= 15 is 0 Å². The maximum absolute atomic E-state index is 12.8. The number of benzene rings is 2. The van der Waals surface area contributed by atoms with Crippen LogP contribution in [0.2, 0.25) is 0 Å². The summed E-state index contributed by atoms with van der Waals surface area (Å²) in [6.45, 7) is 0. The number of esters is 1. The topological polar surface area (TPSA) is 90.4 Å². The van der Waals surface area contributed by atoms with E-state index in [2.05, 4.69) is 14.9 Å². The predicted molar refractivity (Wildman–Crippen MR) is 105 cm³/mol. The lowest BCUT2D eigenvalue weighted by molar-refractivity contribution is -0.142. The summed E-state index contributed by atoms with van der Waals surface area (Å²) in [7, 11) is 2.88. The van der Waals surface area contributed by atoms with E-state index in [0.717, 1.165) is 22.7 Å². The molecular formula is C20H19N3O4S. The Morgan fingerprint density at radius 3 is 2.43 bits per heavy atom. The lowest BCUT2D eigenvalue weighted by Gasteiger charge is -2.16. The molecule has 1 aromatic heterocycles. The van der Waals surface area contributed by atoms with Gasteiger partial charge in [0.25, 0.3) is 5.91 Å². The largest absolute Gasteiger partial charge is 0.497 e. The van der Waals surface area contributed by atoms with Gasteiger partial charge >= 0.3 is 5.97 Å². The number of ether oxygens (including phenoxy) is 2. The summed E-state index contributed by atoms with van der Waals surface area (Å²) in [4.78, 5) is 25.3. The fourth-order valence-corrected chi connectivity index (χ4v) is 3.28. The van der Waals surface area contributed by atoms with Crippen molar-refractivity contribution in [2.24, 2.45) is 0 Å². The number of carbonyl (C=O) groups excluding carboxylic acids is 2. The molecule has 0 aliphatic heterocycles. The Morgan fingerprint density at radius 2 is 1.79 bits per heavy atom. The van der Waals surface area contributed by atoms with E-state index in [4.69, 9.17) is 9.47 Å². The first kappa shape index (κ1) is 19.5. The van der Waals surface area contributed by atoms with Gasteiger partial charge in [-0.25, -0.2) is 4.79 Å². The molecule has 144 valence electrons. The van der Waals surface area contributed by atoms with Crippen LogP contribution in [-0.4, -0.2) is 41.7 Å². The number of carbonyl (C=O) groups is 2. The molecule has 1 heterocycles. The smallest absolute Gasteiger partial charge is 0.328 e. The number of hydrogen-bond donors (Lipinski definition) is 1. The van der Waals surface area contributed by atoms with Crippen LogP contribution in [-0.2, 0) is 16.0 Å². The van der Waals surface area contributed by atoms with E-state index in [-0.39, 0.29) is 0 Å². The second-order valence-corrected chi connectivity index (χ2v) is 6.67. The molecule has 1 amide bonds. The standard InChI is InChI=1S/C20H19N3O4S/c1-26-15-10-8-14(9-11-15)17-18(28-23-22-17)19(24)21-16(20(25)27-2)12-13-6-4-3-5-7-13/h3-11,16H,12H2,1-2H3,(H,21,24). The van der Waals surface area contributed by atoms with Crippen LogP contribution in [0.3, 0.4) is 0 Å². The normalized spacial score (nSPS) is 11.5. The summed E-state index contributed by atoms with van der Waals surface area (Å²) in [5.41, 5.74) is 2.10. The van der Waals surface area contributed by atoms with Crippen LogP contribution in [0.1, 0.15) is 15.2 Å². The van der Waals surface area contributed by atoms with Crippen LogP contribution >= 0.6 is 11.5 Å². The minimum Gasteiger partial charge on any atom is -0.497 e. The molecule has 1 unspecified atom stereocenters. The highest BCUT2D eigenvalue weighted by Crippen LogP contribution is 2.26. The Bertz CT molecular complexity index is 942. The van der Waals surface area contributed by atoms with Crippen molar-refractivity contribution in [1.82, 2.24) is 14.9 Å². The van der Waals surface area contributed by atoms with Crippen molar-refractivity contribution >= 4 is 23.4 Å². The Kier molecular flexibility index (Phi) is 6.33. The van der Waals surface area contributed by atoms with Crippen molar-refractivity contribution in [2.45, 2.75) is 12.5 Å². The lowest BCUT2D eigenvalue weighted by atomic mass is 10.1. The van der Waals surface area contributed by atoms with E-state index in [9.17, 15) is 9.59 Å². The second kappa shape index (κ2) is 9.09. The molecule has 8 heteroatoms. The van der Waals surface area contributed by atoms with Gasteiger partial charge in [-0.2, -0.15) is 0 Å². The number of rotatable bonds is 7. The van der Waals surface area contributed by atoms with Crippen molar-refractivity contribution in [1.29, 1.82) is 0 Å². The molecule has 3 rings (SSSR count). The Balaban J connectivity index is 1.80. The van der Waals surface area contributed by atoms with E-state index in [1.54, 1.807) is 31.4 Å². The van der Waals surface area contributed by atoms with Crippen LogP contribution in [0.5, 0.6) is 5.75 Å². The van der Waals surface area contributed by atoms with Crippen molar-refractivity contribution in [3.05, 3.63) is 65.0 Å². The third-order valence-corrected chi connectivity index (χ3v) is 4.86. The monoisotopic (exact) mass is 397 g/mol. The summed E-state index contributed by atoms with van der Waals surface area (Å²) in [5.74, 6) is -0.237. The third-order valence-electron chi connectivity index (χ3n) is 4.13. The lowest BCUT2D eigenvalue weighted by Crippen LogP contribution is -2.43. The summed E-state index contributed by atoms with van der Waals surface area (Å²) >= 11 is 0.974. The molecule has 0 bridgehead atoms. The summed E-state index contributed by atoms with van der Waals surface area (Å²) in [6, 6.07) is 15.8. The Labute approximate surface area is 166 Å². The summed E-state index contributed by atoms with van der Waals surface area (Å²) < 4.78 is 13.9. The second-order valence-electron chi connectivity index (χ2n) is 5.92. The number of hydrogen-bond acceptors (Lipinski definition) is 7. The fraction of sp³-hybridized carbons (Fsp3) is 0.200.